The Morgan fingerprint density at radius 2 is 1.75 bits per heavy atom. The highest BCUT2D eigenvalue weighted by Crippen LogP contribution is 2.33. The van der Waals surface area contributed by atoms with Gasteiger partial charge in [-0.05, 0) is 48.6 Å². The summed E-state index contributed by atoms with van der Waals surface area (Å²) in [5.41, 5.74) is 7.94. The van der Waals surface area contributed by atoms with Crippen LogP contribution < -0.4 is 15.8 Å². The van der Waals surface area contributed by atoms with E-state index in [4.69, 9.17) is 10.5 Å². The molecule has 4 rings (SSSR count). The van der Waals surface area contributed by atoms with Gasteiger partial charge in [-0.2, -0.15) is 0 Å². The Morgan fingerprint density at radius 3 is 2.44 bits per heavy atom. The van der Waals surface area contributed by atoms with Gasteiger partial charge in [-0.15, -0.1) is 0 Å². The van der Waals surface area contributed by atoms with Crippen molar-refractivity contribution in [3.8, 4) is 22.6 Å². The van der Waals surface area contributed by atoms with Crippen LogP contribution in [0.15, 0.2) is 60.9 Å². The zero-order valence-corrected chi connectivity index (χ0v) is 18.3. The number of nitrogen functional groups attached to an aromatic ring is 1. The molecule has 2 heterocycles. The number of benzene rings is 2. The lowest BCUT2D eigenvalue weighted by molar-refractivity contribution is -0.132. The van der Waals surface area contributed by atoms with Crippen LogP contribution in [-0.2, 0) is 4.79 Å². The standard InChI is InChI=1S/C25H29N5O2/c1-2-22(31)30-14-12-18(13-15-30)16-27-25-23(24(26)28-17-29-25)19-8-10-21(11-9-19)32-20-6-4-3-5-7-20/h3-11,17-18H,2,12-16H2,1H3,(H3,26,27,28,29). The number of nitrogens with two attached hydrogens (primary N) is 1. The van der Waals surface area contributed by atoms with E-state index in [2.05, 4.69) is 15.3 Å². The van der Waals surface area contributed by atoms with Crippen LogP contribution in [0.3, 0.4) is 0 Å². The molecule has 166 valence electrons. The van der Waals surface area contributed by atoms with Gasteiger partial charge < -0.3 is 20.7 Å². The highest BCUT2D eigenvalue weighted by molar-refractivity contribution is 5.83. The van der Waals surface area contributed by atoms with E-state index in [0.29, 0.717) is 18.2 Å². The van der Waals surface area contributed by atoms with Crippen molar-refractivity contribution in [3.63, 3.8) is 0 Å². The summed E-state index contributed by atoms with van der Waals surface area (Å²) in [5, 5.41) is 3.47. The number of carbonyl (C=O) groups excluding carboxylic acids is 1. The maximum Gasteiger partial charge on any atom is 0.222 e. The molecule has 7 nitrogen and oxygen atoms in total. The molecule has 7 heteroatoms. The third kappa shape index (κ3) is 5.17. The Balaban J connectivity index is 1.42. The minimum absolute atomic E-state index is 0.238. The number of hydrogen-bond acceptors (Lipinski definition) is 6. The van der Waals surface area contributed by atoms with Gasteiger partial charge in [0.25, 0.3) is 0 Å². The van der Waals surface area contributed by atoms with Crippen LogP contribution in [0.4, 0.5) is 11.6 Å². The van der Waals surface area contributed by atoms with Crippen LogP contribution in [0.1, 0.15) is 26.2 Å². The fraction of sp³-hybridized carbons (Fsp3) is 0.320. The van der Waals surface area contributed by atoms with Crippen molar-refractivity contribution >= 4 is 17.5 Å². The zero-order chi connectivity index (χ0) is 22.3. The number of rotatable bonds is 7. The number of anilines is 2. The molecule has 0 spiro atoms. The normalized spacial score (nSPS) is 14.2. The van der Waals surface area contributed by atoms with Crippen molar-refractivity contribution in [1.82, 2.24) is 14.9 Å². The van der Waals surface area contributed by atoms with Crippen molar-refractivity contribution in [2.75, 3.05) is 30.7 Å². The smallest absolute Gasteiger partial charge is 0.222 e. The van der Waals surface area contributed by atoms with Gasteiger partial charge in [-0.25, -0.2) is 9.97 Å². The first kappa shape index (κ1) is 21.6. The Kier molecular flexibility index (Phi) is 6.84. The second-order valence-corrected chi connectivity index (χ2v) is 7.98. The fourth-order valence-corrected chi connectivity index (χ4v) is 3.98. The first-order valence-corrected chi connectivity index (χ1v) is 11.1. The van der Waals surface area contributed by atoms with Crippen LogP contribution >= 0.6 is 0 Å². The van der Waals surface area contributed by atoms with Gasteiger partial charge in [0.2, 0.25) is 5.91 Å². The van der Waals surface area contributed by atoms with E-state index < -0.39 is 0 Å². The maximum absolute atomic E-state index is 11.9. The molecule has 32 heavy (non-hydrogen) atoms. The number of piperidine rings is 1. The summed E-state index contributed by atoms with van der Waals surface area (Å²) in [7, 11) is 0. The first-order chi connectivity index (χ1) is 15.6. The Labute approximate surface area is 188 Å². The summed E-state index contributed by atoms with van der Waals surface area (Å²) >= 11 is 0. The van der Waals surface area contributed by atoms with Gasteiger partial charge in [-0.1, -0.05) is 37.3 Å². The number of likely N-dealkylation sites (tertiary alicyclic amines) is 1. The first-order valence-electron chi connectivity index (χ1n) is 11.1. The van der Waals surface area contributed by atoms with Crippen LogP contribution in [-0.4, -0.2) is 40.4 Å². The van der Waals surface area contributed by atoms with Crippen LogP contribution in [0, 0.1) is 5.92 Å². The summed E-state index contributed by atoms with van der Waals surface area (Å²) in [6.45, 7) is 4.34. The lowest BCUT2D eigenvalue weighted by atomic mass is 9.96. The molecular formula is C25H29N5O2. The molecule has 1 saturated heterocycles. The summed E-state index contributed by atoms with van der Waals surface area (Å²) in [6.07, 6.45) is 4.03. The van der Waals surface area contributed by atoms with E-state index in [-0.39, 0.29) is 5.91 Å². The SMILES string of the molecule is CCC(=O)N1CCC(CNc2ncnc(N)c2-c2ccc(Oc3ccccc3)cc2)CC1. The molecule has 0 radical (unpaired) electrons. The molecule has 0 unspecified atom stereocenters. The quantitative estimate of drug-likeness (QED) is 0.569. The number of aromatic nitrogens is 2. The summed E-state index contributed by atoms with van der Waals surface area (Å²) < 4.78 is 5.88. The van der Waals surface area contributed by atoms with E-state index in [1.165, 1.54) is 6.33 Å². The molecule has 0 atom stereocenters. The second-order valence-electron chi connectivity index (χ2n) is 7.98. The van der Waals surface area contributed by atoms with Crippen LogP contribution in [0.2, 0.25) is 0 Å². The van der Waals surface area contributed by atoms with Gasteiger partial charge in [0, 0.05) is 26.1 Å². The molecule has 1 aliphatic heterocycles. The molecule has 3 N–H and O–H groups in total. The highest BCUT2D eigenvalue weighted by atomic mass is 16.5. The van der Waals surface area contributed by atoms with Crippen molar-refractivity contribution in [3.05, 3.63) is 60.9 Å². The molecular weight excluding hydrogens is 402 g/mol. The minimum atomic E-state index is 0.238. The fourth-order valence-electron chi connectivity index (χ4n) is 3.98. The number of carbonyl (C=O) groups is 1. The lowest BCUT2D eigenvalue weighted by Gasteiger charge is -2.32. The van der Waals surface area contributed by atoms with E-state index in [0.717, 1.165) is 60.9 Å². The van der Waals surface area contributed by atoms with Gasteiger partial charge in [-0.3, -0.25) is 4.79 Å². The third-order valence-corrected chi connectivity index (χ3v) is 5.83. The predicted octanol–water partition coefficient (Wildman–Crippen LogP) is 4.58. The number of hydrogen-bond donors (Lipinski definition) is 2. The summed E-state index contributed by atoms with van der Waals surface area (Å²) in [5.74, 6) is 3.42. The number of amides is 1. The molecule has 3 aromatic rings. The number of nitrogens with one attached hydrogen (secondary N) is 1. The van der Waals surface area contributed by atoms with Crippen molar-refractivity contribution in [1.29, 1.82) is 0 Å². The molecule has 0 bridgehead atoms. The average molecular weight is 432 g/mol. The number of ether oxygens (including phenoxy) is 1. The predicted molar refractivity (Wildman–Crippen MR) is 126 cm³/mol. The van der Waals surface area contributed by atoms with Crippen molar-refractivity contribution < 1.29 is 9.53 Å². The maximum atomic E-state index is 11.9. The molecule has 0 saturated carbocycles. The van der Waals surface area contributed by atoms with Crippen molar-refractivity contribution in [2.24, 2.45) is 5.92 Å². The van der Waals surface area contributed by atoms with E-state index in [1.807, 2.05) is 66.4 Å². The lowest BCUT2D eigenvalue weighted by Crippen LogP contribution is -2.39. The zero-order valence-electron chi connectivity index (χ0n) is 18.3. The minimum Gasteiger partial charge on any atom is -0.457 e. The number of nitrogens with zero attached hydrogens (tertiary/aromatic N) is 3. The monoisotopic (exact) mass is 431 g/mol. The Bertz CT molecular complexity index is 1030. The molecule has 1 aliphatic rings. The van der Waals surface area contributed by atoms with Crippen molar-refractivity contribution in [2.45, 2.75) is 26.2 Å². The molecule has 1 aromatic heterocycles. The van der Waals surface area contributed by atoms with E-state index in [1.54, 1.807) is 0 Å². The van der Waals surface area contributed by atoms with Gasteiger partial charge in [0.15, 0.2) is 0 Å². The molecule has 2 aromatic carbocycles. The van der Waals surface area contributed by atoms with E-state index in [9.17, 15) is 4.79 Å². The molecule has 0 aliphatic carbocycles. The summed E-state index contributed by atoms with van der Waals surface area (Å²) in [4.78, 5) is 22.5. The van der Waals surface area contributed by atoms with Crippen LogP contribution in [0.25, 0.3) is 11.1 Å². The second kappa shape index (κ2) is 10.1. The molecule has 1 fully saturated rings. The topological polar surface area (TPSA) is 93.4 Å². The largest absolute Gasteiger partial charge is 0.457 e. The number of para-hydroxylation sites is 1. The van der Waals surface area contributed by atoms with Gasteiger partial charge in [0.1, 0.15) is 29.5 Å². The Morgan fingerprint density at radius 1 is 1.06 bits per heavy atom. The average Bonchev–Trinajstić information content (AvgIpc) is 2.84. The van der Waals surface area contributed by atoms with E-state index >= 15 is 0 Å². The van der Waals surface area contributed by atoms with Crippen LogP contribution in [0.5, 0.6) is 11.5 Å². The van der Waals surface area contributed by atoms with Gasteiger partial charge in [0.05, 0.1) is 5.56 Å². The molecule has 1 amide bonds. The summed E-state index contributed by atoms with van der Waals surface area (Å²) in [6, 6.07) is 17.4. The Hall–Kier alpha value is -3.61. The highest BCUT2D eigenvalue weighted by Gasteiger charge is 2.22. The van der Waals surface area contributed by atoms with Gasteiger partial charge >= 0.3 is 0 Å². The third-order valence-electron chi connectivity index (χ3n) is 5.83.